The molecule has 5 heterocycles. The first kappa shape index (κ1) is 23.0. The van der Waals surface area contributed by atoms with Crippen molar-refractivity contribution in [1.82, 2.24) is 39.5 Å². The second-order valence-corrected chi connectivity index (χ2v) is 9.00. The third-order valence-electron chi connectivity index (χ3n) is 6.48. The predicted molar refractivity (Wildman–Crippen MR) is 129 cm³/mol. The number of rotatable bonds is 7. The molecular weight excluding hydrogens is 455 g/mol. The average molecular weight is 485 g/mol. The van der Waals surface area contributed by atoms with E-state index in [9.17, 15) is 9.18 Å². The number of amides is 1. The van der Waals surface area contributed by atoms with Crippen LogP contribution in [0.15, 0.2) is 25.2 Å². The second kappa shape index (κ2) is 9.13. The normalized spacial score (nSPS) is 22.6. The van der Waals surface area contributed by atoms with Crippen LogP contribution < -0.4 is 20.3 Å². The minimum Gasteiger partial charge on any atom is -0.478 e. The van der Waals surface area contributed by atoms with Crippen molar-refractivity contribution in [3.8, 4) is 5.88 Å². The van der Waals surface area contributed by atoms with Crippen LogP contribution in [-0.4, -0.2) is 92.7 Å². The summed E-state index contributed by atoms with van der Waals surface area (Å²) in [6, 6.07) is -0.417. The molecule has 3 atom stereocenters. The van der Waals surface area contributed by atoms with Crippen LogP contribution in [0.3, 0.4) is 0 Å². The molecule has 13 heteroatoms. The maximum atomic E-state index is 14.7. The summed E-state index contributed by atoms with van der Waals surface area (Å²) in [5.41, 5.74) is 1.81. The van der Waals surface area contributed by atoms with E-state index in [4.69, 9.17) is 4.74 Å². The fourth-order valence-electron chi connectivity index (χ4n) is 4.58. The molecule has 0 spiro atoms. The molecule has 2 aliphatic heterocycles. The van der Waals surface area contributed by atoms with Crippen LogP contribution in [0.5, 0.6) is 5.88 Å². The van der Waals surface area contributed by atoms with Gasteiger partial charge in [0.25, 0.3) is 5.88 Å². The van der Waals surface area contributed by atoms with Crippen molar-refractivity contribution in [3.05, 3.63) is 25.2 Å². The molecule has 2 aliphatic rings. The van der Waals surface area contributed by atoms with Crippen molar-refractivity contribution in [1.29, 1.82) is 0 Å². The third kappa shape index (κ3) is 4.38. The molecule has 35 heavy (non-hydrogen) atoms. The van der Waals surface area contributed by atoms with Gasteiger partial charge in [-0.3, -0.25) is 9.48 Å². The quantitative estimate of drug-likeness (QED) is 0.474. The number of anilines is 3. The molecule has 186 valence electrons. The minimum atomic E-state index is -1.26. The number of nitrogens with zero attached hydrogens (tertiary/aromatic N) is 8. The number of aryl methyl sites for hydroxylation is 1. The van der Waals surface area contributed by atoms with Gasteiger partial charge in [0, 0.05) is 20.1 Å². The van der Waals surface area contributed by atoms with Crippen LogP contribution in [0.4, 0.5) is 21.8 Å². The fraction of sp³-hybridized carbons (Fsp3) is 0.500. The Morgan fingerprint density at radius 3 is 2.83 bits per heavy atom. The lowest BCUT2D eigenvalue weighted by Crippen LogP contribution is -2.40. The topological polar surface area (TPSA) is 118 Å². The molecule has 2 N–H and O–H groups in total. The second-order valence-electron chi connectivity index (χ2n) is 9.00. The van der Waals surface area contributed by atoms with Crippen molar-refractivity contribution < 1.29 is 13.9 Å². The average Bonchev–Trinajstić information content (AvgIpc) is 3.62. The summed E-state index contributed by atoms with van der Waals surface area (Å²) in [4.78, 5) is 29.4. The van der Waals surface area contributed by atoms with Crippen molar-refractivity contribution in [2.75, 3.05) is 50.6 Å². The largest absolute Gasteiger partial charge is 0.478 e. The first-order valence-electron chi connectivity index (χ1n) is 11.5. The Balaban J connectivity index is 1.46. The number of halogens is 1. The van der Waals surface area contributed by atoms with E-state index < -0.39 is 18.1 Å². The lowest BCUT2D eigenvalue weighted by atomic mass is 10.2. The lowest BCUT2D eigenvalue weighted by Gasteiger charge is -2.17. The monoisotopic (exact) mass is 484 g/mol. The summed E-state index contributed by atoms with van der Waals surface area (Å²) in [6.07, 6.45) is 4.44. The molecular formula is C22H29FN10O2. The van der Waals surface area contributed by atoms with Gasteiger partial charge < -0.3 is 29.7 Å². The zero-order valence-electron chi connectivity index (χ0n) is 20.0. The summed E-state index contributed by atoms with van der Waals surface area (Å²) in [7, 11) is 5.50. The van der Waals surface area contributed by atoms with Crippen LogP contribution in [-0.2, 0) is 11.8 Å². The highest BCUT2D eigenvalue weighted by Gasteiger charge is 2.35. The standard InChI is InChI=1S/C22H29FN10O2/c1-5-17(34)25-15-10-32(9-14(15)23)22-27-19(18-20(28-22)31(3)12-24-18)26-16-11-33(29-21(16)35-4)13-6-7-30(2)8-13/h5,11-15H,1,6-10H2,2-4H3,(H,25,34)(H,26,27,28)/t13?,14-,15+/m0/s1. The smallest absolute Gasteiger partial charge is 0.256 e. The van der Waals surface area contributed by atoms with Gasteiger partial charge in [-0.15, -0.1) is 5.10 Å². The van der Waals surface area contributed by atoms with Crippen LogP contribution in [0.2, 0.25) is 0 Å². The van der Waals surface area contributed by atoms with E-state index in [1.807, 2.05) is 17.9 Å². The number of likely N-dealkylation sites (tertiary alicyclic amines) is 1. The van der Waals surface area contributed by atoms with Gasteiger partial charge in [0.05, 0.1) is 38.3 Å². The number of ether oxygens (including phenoxy) is 1. The minimum absolute atomic E-state index is 0.0569. The summed E-state index contributed by atoms with van der Waals surface area (Å²) < 4.78 is 23.9. The Morgan fingerprint density at radius 2 is 2.11 bits per heavy atom. The summed E-state index contributed by atoms with van der Waals surface area (Å²) in [5, 5.41) is 10.6. The molecule has 1 unspecified atom stereocenters. The molecule has 0 aromatic carbocycles. The van der Waals surface area contributed by atoms with E-state index in [2.05, 4.69) is 49.2 Å². The van der Waals surface area contributed by atoms with Gasteiger partial charge in [-0.25, -0.2) is 9.37 Å². The van der Waals surface area contributed by atoms with E-state index >= 15 is 0 Å². The number of hydrogen-bond donors (Lipinski definition) is 2. The number of nitrogens with one attached hydrogen (secondary N) is 2. The zero-order chi connectivity index (χ0) is 24.7. The maximum absolute atomic E-state index is 14.7. The number of fused-ring (bicyclic) bond motifs is 1. The number of alkyl halides is 1. The SMILES string of the molecule is C=CC(=O)N[C@@H]1CN(c2nc(Nc3cn(C4CCN(C)C4)nc3OC)c3ncn(C)c3n2)C[C@@H]1F. The molecule has 0 aliphatic carbocycles. The van der Waals surface area contributed by atoms with Gasteiger partial charge in [-0.05, 0) is 26.1 Å². The highest BCUT2D eigenvalue weighted by atomic mass is 19.1. The molecule has 3 aromatic rings. The number of methoxy groups -OCH3 is 1. The predicted octanol–water partition coefficient (Wildman–Crippen LogP) is 1.02. The van der Waals surface area contributed by atoms with E-state index in [1.54, 1.807) is 22.9 Å². The zero-order valence-corrected chi connectivity index (χ0v) is 20.0. The summed E-state index contributed by atoms with van der Waals surface area (Å²) >= 11 is 0. The van der Waals surface area contributed by atoms with Gasteiger partial charge in [0.1, 0.15) is 11.9 Å². The third-order valence-corrected chi connectivity index (χ3v) is 6.48. The molecule has 5 rings (SSSR count). The summed E-state index contributed by atoms with van der Waals surface area (Å²) in [5.74, 6) is 0.828. The van der Waals surface area contributed by atoms with Crippen molar-refractivity contribution in [2.45, 2.75) is 24.7 Å². The molecule has 0 bridgehead atoms. The highest BCUT2D eigenvalue weighted by Crippen LogP contribution is 2.32. The molecule has 12 nitrogen and oxygen atoms in total. The van der Waals surface area contributed by atoms with Crippen LogP contribution in [0, 0.1) is 0 Å². The van der Waals surface area contributed by atoms with Crippen molar-refractivity contribution >= 4 is 34.5 Å². The Bertz CT molecular complexity index is 1260. The van der Waals surface area contributed by atoms with Crippen LogP contribution in [0.25, 0.3) is 11.2 Å². The van der Waals surface area contributed by atoms with Gasteiger partial charge in [-0.2, -0.15) is 9.97 Å². The number of carbonyl (C=O) groups excluding carboxylic acids is 1. The van der Waals surface area contributed by atoms with E-state index in [-0.39, 0.29) is 19.1 Å². The Morgan fingerprint density at radius 1 is 1.29 bits per heavy atom. The molecule has 2 fully saturated rings. The lowest BCUT2D eigenvalue weighted by molar-refractivity contribution is -0.117. The number of aromatic nitrogens is 6. The van der Waals surface area contributed by atoms with Gasteiger partial charge in [-0.1, -0.05) is 6.58 Å². The fourth-order valence-corrected chi connectivity index (χ4v) is 4.58. The Kier molecular flexibility index (Phi) is 6.01. The van der Waals surface area contributed by atoms with Crippen molar-refractivity contribution in [3.63, 3.8) is 0 Å². The molecule has 3 aromatic heterocycles. The number of imidazole rings is 1. The Labute approximate surface area is 201 Å². The van der Waals surface area contributed by atoms with Gasteiger partial charge in [0.2, 0.25) is 11.9 Å². The van der Waals surface area contributed by atoms with Crippen molar-refractivity contribution in [2.24, 2.45) is 7.05 Å². The van der Waals surface area contributed by atoms with Gasteiger partial charge >= 0.3 is 0 Å². The van der Waals surface area contributed by atoms with E-state index in [1.165, 1.54) is 0 Å². The van der Waals surface area contributed by atoms with Crippen LogP contribution >= 0.6 is 0 Å². The molecule has 2 saturated heterocycles. The maximum Gasteiger partial charge on any atom is 0.256 e. The first-order chi connectivity index (χ1) is 16.9. The van der Waals surface area contributed by atoms with Crippen LogP contribution in [0.1, 0.15) is 12.5 Å². The van der Waals surface area contributed by atoms with E-state index in [0.717, 1.165) is 25.6 Å². The molecule has 0 radical (unpaired) electrons. The van der Waals surface area contributed by atoms with Gasteiger partial charge in [0.15, 0.2) is 17.0 Å². The van der Waals surface area contributed by atoms with E-state index in [0.29, 0.717) is 34.5 Å². The molecule has 1 amide bonds. The highest BCUT2D eigenvalue weighted by molar-refractivity contribution is 5.88. The number of carbonyl (C=O) groups is 1. The first-order valence-corrected chi connectivity index (χ1v) is 11.5. The summed E-state index contributed by atoms with van der Waals surface area (Å²) in [6.45, 7) is 5.65. The molecule has 0 saturated carbocycles. The number of likely N-dealkylation sites (N-methyl/N-ethyl adjacent to an activating group) is 1. The Hall–Kier alpha value is -3.74. The number of hydrogen-bond acceptors (Lipinski definition) is 9.